The molecule has 1 aromatic carbocycles. The van der Waals surface area contributed by atoms with E-state index in [1.165, 1.54) is 34.2 Å². The van der Waals surface area contributed by atoms with Crippen LogP contribution in [-0.4, -0.2) is 10.6 Å². The number of hydrogen-bond acceptors (Lipinski definition) is 2. The van der Waals surface area contributed by atoms with E-state index in [4.69, 9.17) is 0 Å². The van der Waals surface area contributed by atoms with Gasteiger partial charge in [0.1, 0.15) is 0 Å². The maximum absolute atomic E-state index is 3.60. The van der Waals surface area contributed by atoms with Crippen LogP contribution >= 0.6 is 11.3 Å². The zero-order valence-electron chi connectivity index (χ0n) is 11.4. The second-order valence-corrected chi connectivity index (χ2v) is 6.45. The average molecular weight is 282 g/mol. The third-order valence-corrected chi connectivity index (χ3v) is 4.99. The summed E-state index contributed by atoms with van der Waals surface area (Å²) in [5.74, 6) is 0. The normalized spacial score (nSPS) is 15.0. The smallest absolute Gasteiger partial charge is 0.0487 e. The van der Waals surface area contributed by atoms with E-state index in [-0.39, 0.29) is 0 Å². The van der Waals surface area contributed by atoms with E-state index in [1.54, 1.807) is 0 Å². The van der Waals surface area contributed by atoms with E-state index in [0.29, 0.717) is 0 Å². The molecule has 1 N–H and O–H groups in total. The number of thiophene rings is 1. The summed E-state index contributed by atoms with van der Waals surface area (Å²) in [5, 5.41) is 7.29. The van der Waals surface area contributed by atoms with Crippen molar-refractivity contribution in [1.82, 2.24) is 9.88 Å². The number of fused-ring (bicyclic) bond motifs is 1. The lowest BCUT2D eigenvalue weighted by molar-refractivity contribution is 0.635. The summed E-state index contributed by atoms with van der Waals surface area (Å²) in [6.45, 7) is 1.96. The summed E-state index contributed by atoms with van der Waals surface area (Å²) in [7, 11) is 0. The van der Waals surface area contributed by atoms with Gasteiger partial charge in [0.05, 0.1) is 0 Å². The van der Waals surface area contributed by atoms with Crippen molar-refractivity contribution in [3.63, 3.8) is 0 Å². The van der Waals surface area contributed by atoms with Gasteiger partial charge in [0, 0.05) is 35.7 Å². The van der Waals surface area contributed by atoms with Crippen molar-refractivity contribution in [2.24, 2.45) is 0 Å². The highest BCUT2D eigenvalue weighted by Crippen LogP contribution is 2.26. The lowest BCUT2D eigenvalue weighted by Gasteiger charge is -2.09. The molecule has 0 radical (unpaired) electrons. The third kappa shape index (κ3) is 2.39. The van der Waals surface area contributed by atoms with Gasteiger partial charge in [-0.2, -0.15) is 0 Å². The Kier molecular flexibility index (Phi) is 3.09. The Labute approximate surface area is 123 Å². The maximum atomic E-state index is 3.60. The third-order valence-electron chi connectivity index (χ3n) is 3.97. The van der Waals surface area contributed by atoms with Crippen LogP contribution in [0.15, 0.2) is 48.0 Å². The van der Waals surface area contributed by atoms with Crippen molar-refractivity contribution >= 4 is 21.4 Å². The summed E-state index contributed by atoms with van der Waals surface area (Å²) >= 11 is 1.84. The van der Waals surface area contributed by atoms with Gasteiger partial charge in [-0.3, -0.25) is 0 Å². The fourth-order valence-corrected chi connectivity index (χ4v) is 3.59. The molecule has 1 aliphatic rings. The average Bonchev–Trinajstić information content (AvgIpc) is 3.07. The molecule has 3 aromatic rings. The Balaban J connectivity index is 1.57. The topological polar surface area (TPSA) is 17.0 Å². The summed E-state index contributed by atoms with van der Waals surface area (Å²) < 4.78 is 3.75. The van der Waals surface area contributed by atoms with Crippen molar-refractivity contribution in [1.29, 1.82) is 0 Å². The van der Waals surface area contributed by atoms with E-state index in [2.05, 4.69) is 57.9 Å². The van der Waals surface area contributed by atoms with Crippen LogP contribution in [0.5, 0.6) is 0 Å². The van der Waals surface area contributed by atoms with E-state index in [1.807, 2.05) is 11.3 Å². The van der Waals surface area contributed by atoms with Crippen LogP contribution in [0.25, 0.3) is 10.1 Å². The SMILES string of the molecule is c1ccc2c(Cn3cccc3CNC3CC3)csc2c1. The second-order valence-electron chi connectivity index (χ2n) is 5.54. The molecule has 0 saturated heterocycles. The lowest BCUT2D eigenvalue weighted by atomic mass is 10.2. The molecule has 3 heteroatoms. The highest BCUT2D eigenvalue weighted by molar-refractivity contribution is 7.17. The Bertz CT molecular complexity index is 721. The number of aromatic nitrogens is 1. The Morgan fingerprint density at radius 2 is 2.05 bits per heavy atom. The van der Waals surface area contributed by atoms with Gasteiger partial charge in [0.15, 0.2) is 0 Å². The predicted molar refractivity (Wildman–Crippen MR) is 85.2 cm³/mol. The van der Waals surface area contributed by atoms with Gasteiger partial charge < -0.3 is 9.88 Å². The fourth-order valence-electron chi connectivity index (χ4n) is 2.64. The molecule has 1 saturated carbocycles. The van der Waals surface area contributed by atoms with E-state index < -0.39 is 0 Å². The highest BCUT2D eigenvalue weighted by Gasteiger charge is 2.20. The van der Waals surface area contributed by atoms with Gasteiger partial charge in [-0.15, -0.1) is 11.3 Å². The van der Waals surface area contributed by atoms with Crippen molar-refractivity contribution in [3.8, 4) is 0 Å². The first-order chi connectivity index (χ1) is 9.90. The molecule has 0 atom stereocenters. The van der Waals surface area contributed by atoms with Gasteiger partial charge in [0.2, 0.25) is 0 Å². The van der Waals surface area contributed by atoms with Gasteiger partial charge in [-0.1, -0.05) is 18.2 Å². The molecule has 2 heterocycles. The molecule has 0 unspecified atom stereocenters. The van der Waals surface area contributed by atoms with Crippen molar-refractivity contribution in [2.45, 2.75) is 32.0 Å². The molecular weight excluding hydrogens is 264 g/mol. The zero-order chi connectivity index (χ0) is 13.4. The summed E-state index contributed by atoms with van der Waals surface area (Å²) in [4.78, 5) is 0. The van der Waals surface area contributed by atoms with E-state index >= 15 is 0 Å². The van der Waals surface area contributed by atoms with Gasteiger partial charge >= 0.3 is 0 Å². The Hall–Kier alpha value is -1.58. The molecule has 4 rings (SSSR count). The number of benzene rings is 1. The number of nitrogens with zero attached hydrogens (tertiary/aromatic N) is 1. The molecule has 2 aromatic heterocycles. The minimum Gasteiger partial charge on any atom is -0.346 e. The predicted octanol–water partition coefficient (Wildman–Crippen LogP) is 4.00. The lowest BCUT2D eigenvalue weighted by Crippen LogP contribution is -2.18. The minimum absolute atomic E-state index is 0.764. The van der Waals surface area contributed by atoms with Crippen LogP contribution in [0.2, 0.25) is 0 Å². The molecule has 1 fully saturated rings. The van der Waals surface area contributed by atoms with E-state index in [9.17, 15) is 0 Å². The monoisotopic (exact) mass is 282 g/mol. The van der Waals surface area contributed by atoms with Crippen molar-refractivity contribution in [2.75, 3.05) is 0 Å². The van der Waals surface area contributed by atoms with Crippen LogP contribution in [0, 0.1) is 0 Å². The highest BCUT2D eigenvalue weighted by atomic mass is 32.1. The Morgan fingerprint density at radius 3 is 2.95 bits per heavy atom. The molecule has 20 heavy (non-hydrogen) atoms. The molecule has 0 amide bonds. The summed E-state index contributed by atoms with van der Waals surface area (Å²) in [6.07, 6.45) is 4.88. The van der Waals surface area contributed by atoms with Crippen LogP contribution < -0.4 is 5.32 Å². The minimum atomic E-state index is 0.764. The molecular formula is C17H18N2S. The van der Waals surface area contributed by atoms with Gasteiger partial charge in [-0.25, -0.2) is 0 Å². The van der Waals surface area contributed by atoms with E-state index in [0.717, 1.165) is 19.1 Å². The van der Waals surface area contributed by atoms with Crippen molar-refractivity contribution < 1.29 is 0 Å². The zero-order valence-corrected chi connectivity index (χ0v) is 12.2. The maximum Gasteiger partial charge on any atom is 0.0487 e. The number of hydrogen-bond donors (Lipinski definition) is 1. The standard InChI is InChI=1S/C17H18N2S/c1-2-6-17-16(5-1)13(12-20-17)11-19-9-3-4-15(19)10-18-14-7-8-14/h1-6,9,12,14,18H,7-8,10-11H2. The Morgan fingerprint density at radius 1 is 1.15 bits per heavy atom. The molecule has 2 nitrogen and oxygen atoms in total. The van der Waals surface area contributed by atoms with Crippen LogP contribution in [0.3, 0.4) is 0 Å². The fraction of sp³-hybridized carbons (Fsp3) is 0.294. The van der Waals surface area contributed by atoms with Crippen LogP contribution in [-0.2, 0) is 13.1 Å². The molecule has 0 spiro atoms. The number of nitrogens with one attached hydrogen (secondary N) is 1. The molecule has 1 aliphatic carbocycles. The van der Waals surface area contributed by atoms with Crippen molar-refractivity contribution in [3.05, 3.63) is 59.2 Å². The largest absolute Gasteiger partial charge is 0.346 e. The quantitative estimate of drug-likeness (QED) is 0.748. The van der Waals surface area contributed by atoms with Crippen LogP contribution in [0.1, 0.15) is 24.1 Å². The van der Waals surface area contributed by atoms with Gasteiger partial charge in [0.25, 0.3) is 0 Å². The molecule has 0 bridgehead atoms. The molecule has 0 aliphatic heterocycles. The first kappa shape index (κ1) is 12.2. The van der Waals surface area contributed by atoms with Crippen LogP contribution in [0.4, 0.5) is 0 Å². The first-order valence-corrected chi connectivity index (χ1v) is 8.10. The summed E-state index contributed by atoms with van der Waals surface area (Å²) in [5.41, 5.74) is 2.81. The summed E-state index contributed by atoms with van der Waals surface area (Å²) in [6, 6.07) is 13.8. The van der Waals surface area contributed by atoms with Gasteiger partial charge in [-0.05, 0) is 47.4 Å². The first-order valence-electron chi connectivity index (χ1n) is 7.23. The second kappa shape index (κ2) is 5.08. The number of rotatable bonds is 5. The molecule has 102 valence electrons.